The molecule has 1 heterocycles. The van der Waals surface area contributed by atoms with Crippen LogP contribution in [-0.2, 0) is 0 Å². The van der Waals surface area contributed by atoms with E-state index >= 15 is 0 Å². The van der Waals surface area contributed by atoms with E-state index < -0.39 is 0 Å². The Morgan fingerprint density at radius 3 is 2.74 bits per heavy atom. The lowest BCUT2D eigenvalue weighted by molar-refractivity contribution is 0.0977. The molecule has 0 saturated carbocycles. The van der Waals surface area contributed by atoms with E-state index in [1.807, 2.05) is 30.3 Å². The van der Waals surface area contributed by atoms with Gasteiger partial charge in [-0.05, 0) is 78.7 Å². The molecule has 4 rings (SSSR count). The quantitative estimate of drug-likeness (QED) is 0.288. The van der Waals surface area contributed by atoms with Crippen LogP contribution in [0.15, 0.2) is 65.1 Å². The van der Waals surface area contributed by atoms with Crippen molar-refractivity contribution in [2.75, 3.05) is 12.4 Å². The van der Waals surface area contributed by atoms with Crippen molar-refractivity contribution in [3.8, 4) is 17.2 Å². The smallest absolute Gasteiger partial charge is 0.257 e. The third kappa shape index (κ3) is 5.21. The number of carbonyl (C=O) groups is 1. The highest BCUT2D eigenvalue weighted by molar-refractivity contribution is 7.80. The maximum absolute atomic E-state index is 12.5. The molecule has 1 aromatic heterocycles. The van der Waals surface area contributed by atoms with Crippen molar-refractivity contribution in [3.05, 3.63) is 76.8 Å². The molecule has 1 unspecified atom stereocenters. The average Bonchev–Trinajstić information content (AvgIpc) is 3.27. The van der Waals surface area contributed by atoms with Gasteiger partial charge in [-0.15, -0.1) is 0 Å². The molecule has 3 aromatic carbocycles. The number of amides is 1. The van der Waals surface area contributed by atoms with Crippen LogP contribution in [0.3, 0.4) is 0 Å². The number of methoxy groups -OCH3 is 1. The van der Waals surface area contributed by atoms with Gasteiger partial charge >= 0.3 is 0 Å². The summed E-state index contributed by atoms with van der Waals surface area (Å²) in [6.07, 6.45) is 1.06. The number of rotatable bonds is 6. The third-order valence-electron chi connectivity index (χ3n) is 5.60. The summed E-state index contributed by atoms with van der Waals surface area (Å²) in [5.74, 6) is 1.09. The van der Waals surface area contributed by atoms with E-state index in [1.165, 1.54) is 18.7 Å². The lowest BCUT2D eigenvalue weighted by Gasteiger charge is -2.11. The number of halogens is 1. The fourth-order valence-electron chi connectivity index (χ4n) is 3.49. The first kappa shape index (κ1) is 23.7. The van der Waals surface area contributed by atoms with Gasteiger partial charge in [0.05, 0.1) is 12.1 Å². The fraction of sp³-hybridized carbons (Fsp3) is 0.192. The largest absolute Gasteiger partial charge is 0.495 e. The first-order chi connectivity index (χ1) is 16.4. The molecular weight excluding hydrogens is 470 g/mol. The van der Waals surface area contributed by atoms with Gasteiger partial charge in [0.15, 0.2) is 10.7 Å². The minimum absolute atomic E-state index is 0.157. The lowest BCUT2D eigenvalue weighted by atomic mass is 9.98. The van der Waals surface area contributed by atoms with E-state index in [1.54, 1.807) is 12.1 Å². The molecule has 0 aliphatic rings. The van der Waals surface area contributed by atoms with Crippen LogP contribution in [0.2, 0.25) is 5.02 Å². The Hall–Kier alpha value is -3.42. The summed E-state index contributed by atoms with van der Waals surface area (Å²) in [6.45, 7) is 4.36. The number of thiocarbonyl (C=S) groups is 1. The zero-order chi connectivity index (χ0) is 24.2. The molecule has 0 radical (unpaired) electrons. The second-order valence-electron chi connectivity index (χ2n) is 7.89. The van der Waals surface area contributed by atoms with Crippen molar-refractivity contribution in [2.45, 2.75) is 26.2 Å². The predicted octanol–water partition coefficient (Wildman–Crippen LogP) is 6.80. The standard InChI is InChI=1S/C26H24ClN3O3S/c1-4-15(2)16-8-11-23-21(14-16)29-25(33-23)18-6-5-7-19(12-18)28-26(34)30-24(31)17-9-10-22(32-3)20(27)13-17/h5-15H,4H2,1-3H3,(H2,28,30,31,34). The molecule has 0 fully saturated rings. The highest BCUT2D eigenvalue weighted by Crippen LogP contribution is 2.29. The van der Waals surface area contributed by atoms with Crippen molar-refractivity contribution < 1.29 is 13.9 Å². The summed E-state index contributed by atoms with van der Waals surface area (Å²) in [4.78, 5) is 17.2. The SMILES string of the molecule is CCC(C)c1ccc2oc(-c3cccc(NC(=S)NC(=O)c4ccc(OC)c(Cl)c4)c3)nc2c1. The van der Waals surface area contributed by atoms with Gasteiger partial charge in [0.1, 0.15) is 11.3 Å². The number of hydrogen-bond acceptors (Lipinski definition) is 5. The van der Waals surface area contributed by atoms with E-state index in [0.717, 1.165) is 23.1 Å². The van der Waals surface area contributed by atoms with E-state index in [9.17, 15) is 4.79 Å². The first-order valence-corrected chi connectivity index (χ1v) is 11.6. The Morgan fingerprint density at radius 1 is 1.18 bits per heavy atom. The topological polar surface area (TPSA) is 76.4 Å². The van der Waals surface area contributed by atoms with E-state index in [4.69, 9.17) is 33.0 Å². The summed E-state index contributed by atoms with van der Waals surface area (Å²) in [5, 5.41) is 6.18. The maximum Gasteiger partial charge on any atom is 0.257 e. The number of aromatic nitrogens is 1. The number of fused-ring (bicyclic) bond motifs is 1. The zero-order valence-electron chi connectivity index (χ0n) is 19.0. The minimum Gasteiger partial charge on any atom is -0.495 e. The summed E-state index contributed by atoms with van der Waals surface area (Å²) >= 11 is 11.4. The van der Waals surface area contributed by atoms with Crippen LogP contribution in [0.5, 0.6) is 5.75 Å². The Kier molecular flexibility index (Phi) is 7.14. The van der Waals surface area contributed by atoms with Gasteiger partial charge in [0, 0.05) is 16.8 Å². The monoisotopic (exact) mass is 493 g/mol. The molecule has 0 spiro atoms. The first-order valence-electron chi connectivity index (χ1n) is 10.8. The number of oxazole rings is 1. The molecule has 6 nitrogen and oxygen atoms in total. The van der Waals surface area contributed by atoms with Crippen molar-refractivity contribution in [3.63, 3.8) is 0 Å². The number of hydrogen-bond donors (Lipinski definition) is 2. The number of carbonyl (C=O) groups excluding carboxylic acids is 1. The molecule has 1 amide bonds. The Bertz CT molecular complexity index is 1370. The van der Waals surface area contributed by atoms with Gasteiger partial charge in [0.2, 0.25) is 5.89 Å². The lowest BCUT2D eigenvalue weighted by Crippen LogP contribution is -2.34. The number of ether oxygens (including phenoxy) is 1. The van der Waals surface area contributed by atoms with Gasteiger partial charge < -0.3 is 14.5 Å². The van der Waals surface area contributed by atoms with Crippen molar-refractivity contribution >= 4 is 51.6 Å². The van der Waals surface area contributed by atoms with Gasteiger partial charge in [-0.1, -0.05) is 37.6 Å². The predicted molar refractivity (Wildman–Crippen MR) is 140 cm³/mol. The number of anilines is 1. The van der Waals surface area contributed by atoms with Gasteiger partial charge in [0.25, 0.3) is 5.91 Å². The molecule has 2 N–H and O–H groups in total. The molecule has 8 heteroatoms. The highest BCUT2D eigenvalue weighted by Gasteiger charge is 2.13. The summed E-state index contributed by atoms with van der Waals surface area (Å²) in [5.41, 5.74) is 4.66. The summed E-state index contributed by atoms with van der Waals surface area (Å²) in [7, 11) is 1.51. The average molecular weight is 494 g/mol. The van der Waals surface area contributed by atoms with Crippen LogP contribution < -0.4 is 15.4 Å². The number of benzene rings is 3. The van der Waals surface area contributed by atoms with Gasteiger partial charge in [-0.25, -0.2) is 4.98 Å². The summed E-state index contributed by atoms with van der Waals surface area (Å²) < 4.78 is 11.1. The Morgan fingerprint density at radius 2 is 2.00 bits per heavy atom. The second kappa shape index (κ2) is 10.2. The third-order valence-corrected chi connectivity index (χ3v) is 6.10. The maximum atomic E-state index is 12.5. The fourth-order valence-corrected chi connectivity index (χ4v) is 3.95. The zero-order valence-corrected chi connectivity index (χ0v) is 20.6. The molecule has 0 aliphatic carbocycles. The van der Waals surface area contributed by atoms with Crippen LogP contribution in [-0.4, -0.2) is 23.1 Å². The van der Waals surface area contributed by atoms with Crippen LogP contribution in [0, 0.1) is 0 Å². The van der Waals surface area contributed by atoms with E-state index in [2.05, 4.69) is 41.6 Å². The van der Waals surface area contributed by atoms with Crippen molar-refractivity contribution in [1.29, 1.82) is 0 Å². The molecular formula is C26H24ClN3O3S. The summed E-state index contributed by atoms with van der Waals surface area (Å²) in [6, 6.07) is 18.4. The van der Waals surface area contributed by atoms with Gasteiger partial charge in [-0.3, -0.25) is 10.1 Å². The van der Waals surface area contributed by atoms with Crippen molar-refractivity contribution in [2.24, 2.45) is 0 Å². The van der Waals surface area contributed by atoms with Gasteiger partial charge in [-0.2, -0.15) is 0 Å². The van der Waals surface area contributed by atoms with Crippen LogP contribution in [0.4, 0.5) is 5.69 Å². The molecule has 1 atom stereocenters. The molecule has 0 saturated heterocycles. The number of nitrogens with one attached hydrogen (secondary N) is 2. The molecule has 0 bridgehead atoms. The molecule has 174 valence electrons. The van der Waals surface area contributed by atoms with Crippen LogP contribution in [0.1, 0.15) is 42.1 Å². The molecule has 4 aromatic rings. The Balaban J connectivity index is 1.47. The van der Waals surface area contributed by atoms with Crippen LogP contribution >= 0.6 is 23.8 Å². The Labute approximate surface area is 208 Å². The minimum atomic E-state index is -0.380. The van der Waals surface area contributed by atoms with Crippen molar-refractivity contribution in [1.82, 2.24) is 10.3 Å². The van der Waals surface area contributed by atoms with E-state index in [0.29, 0.717) is 33.8 Å². The number of nitrogens with zero attached hydrogens (tertiary/aromatic N) is 1. The highest BCUT2D eigenvalue weighted by atomic mass is 35.5. The second-order valence-corrected chi connectivity index (χ2v) is 8.71. The normalized spacial score (nSPS) is 11.8. The molecule has 0 aliphatic heterocycles. The van der Waals surface area contributed by atoms with E-state index in [-0.39, 0.29) is 11.0 Å². The molecule has 34 heavy (non-hydrogen) atoms. The van der Waals surface area contributed by atoms with Crippen LogP contribution in [0.25, 0.3) is 22.6 Å².